The van der Waals surface area contributed by atoms with E-state index in [2.05, 4.69) is 20.7 Å². The maximum Gasteiger partial charge on any atom is 0.421 e. The summed E-state index contributed by atoms with van der Waals surface area (Å²) in [5.74, 6) is -1.86. The summed E-state index contributed by atoms with van der Waals surface area (Å²) in [7, 11) is 0. The molecule has 7 heteroatoms. The van der Waals surface area contributed by atoms with Crippen molar-refractivity contribution in [3.8, 4) is 11.8 Å². The molecule has 1 N–H and O–H groups in total. The van der Waals surface area contributed by atoms with Crippen molar-refractivity contribution in [1.29, 1.82) is 5.26 Å². The normalized spacial score (nSPS) is 11.0. The Morgan fingerprint density at radius 1 is 1.50 bits per heavy atom. The smallest absolute Gasteiger partial charge is 0.421 e. The van der Waals surface area contributed by atoms with E-state index in [-0.39, 0.29) is 10.0 Å². The molecule has 0 aliphatic carbocycles. The van der Waals surface area contributed by atoms with Gasteiger partial charge in [-0.05, 0) is 28.1 Å². The molecule has 1 aromatic carbocycles. The number of halogens is 4. The first kappa shape index (κ1) is 12.8. The summed E-state index contributed by atoms with van der Waals surface area (Å²) in [6.45, 7) is -1.57. The molecular formula is C9H5BrF3NO2. The molecule has 0 spiro atoms. The highest BCUT2D eigenvalue weighted by molar-refractivity contribution is 9.10. The molecule has 0 aromatic heterocycles. The van der Waals surface area contributed by atoms with E-state index < -0.39 is 24.3 Å². The van der Waals surface area contributed by atoms with E-state index in [9.17, 15) is 13.2 Å². The minimum atomic E-state index is -3.87. The second-order valence-corrected chi connectivity index (χ2v) is 3.54. The van der Waals surface area contributed by atoms with Crippen molar-refractivity contribution in [1.82, 2.24) is 0 Å². The van der Waals surface area contributed by atoms with Gasteiger partial charge >= 0.3 is 6.11 Å². The molecule has 0 saturated heterocycles. The first-order valence-electron chi connectivity index (χ1n) is 3.97. The quantitative estimate of drug-likeness (QED) is 0.932. The Morgan fingerprint density at radius 2 is 2.12 bits per heavy atom. The van der Waals surface area contributed by atoms with Crippen LogP contribution in [0.2, 0.25) is 0 Å². The van der Waals surface area contributed by atoms with E-state index in [1.807, 2.05) is 0 Å². The molecule has 1 aromatic rings. The predicted molar refractivity (Wildman–Crippen MR) is 51.5 cm³/mol. The van der Waals surface area contributed by atoms with Gasteiger partial charge in [0.2, 0.25) is 0 Å². The molecule has 0 saturated carbocycles. The van der Waals surface area contributed by atoms with Gasteiger partial charge in [0, 0.05) is 0 Å². The number of nitriles is 1. The van der Waals surface area contributed by atoms with Crippen LogP contribution in [-0.2, 0) is 0 Å². The molecule has 0 fully saturated rings. The highest BCUT2D eigenvalue weighted by Crippen LogP contribution is 2.31. The number of alkyl halides is 2. The maximum atomic E-state index is 13.4. The Labute approximate surface area is 97.2 Å². The highest BCUT2D eigenvalue weighted by atomic mass is 79.9. The number of benzene rings is 1. The van der Waals surface area contributed by atoms with E-state index in [0.29, 0.717) is 0 Å². The van der Waals surface area contributed by atoms with E-state index >= 15 is 0 Å². The molecule has 0 aliphatic rings. The Bertz CT molecular complexity index is 445. The summed E-state index contributed by atoms with van der Waals surface area (Å²) in [6.07, 6.45) is -3.87. The SMILES string of the molecule is N#Cc1ccc(OC(F)(F)CO)c(F)c1Br. The Hall–Kier alpha value is -1.26. The van der Waals surface area contributed by atoms with Gasteiger partial charge in [0.05, 0.1) is 10.0 Å². The molecule has 0 amide bonds. The van der Waals surface area contributed by atoms with Crippen molar-refractivity contribution in [2.24, 2.45) is 0 Å². The molecule has 0 atom stereocenters. The van der Waals surface area contributed by atoms with Crippen LogP contribution in [0.5, 0.6) is 5.75 Å². The van der Waals surface area contributed by atoms with Crippen molar-refractivity contribution in [3.63, 3.8) is 0 Å². The number of ether oxygens (including phenoxy) is 1. The second kappa shape index (κ2) is 4.72. The number of aliphatic hydroxyl groups excluding tert-OH is 1. The van der Waals surface area contributed by atoms with Crippen molar-refractivity contribution in [2.45, 2.75) is 6.11 Å². The molecule has 0 heterocycles. The lowest BCUT2D eigenvalue weighted by atomic mass is 10.2. The molecule has 86 valence electrons. The summed E-state index contributed by atoms with van der Waals surface area (Å²) >= 11 is 2.74. The van der Waals surface area contributed by atoms with Crippen LogP contribution < -0.4 is 4.74 Å². The predicted octanol–water partition coefficient (Wildman–Crippen LogP) is 2.42. The molecule has 16 heavy (non-hydrogen) atoms. The number of aliphatic hydroxyl groups is 1. The Morgan fingerprint density at radius 3 is 2.62 bits per heavy atom. The molecule has 0 aliphatic heterocycles. The van der Waals surface area contributed by atoms with Gasteiger partial charge < -0.3 is 9.84 Å². The zero-order chi connectivity index (χ0) is 12.3. The van der Waals surface area contributed by atoms with Crippen LogP contribution in [0.1, 0.15) is 5.56 Å². The third-order valence-electron chi connectivity index (χ3n) is 1.61. The summed E-state index contributed by atoms with van der Waals surface area (Å²) in [5.41, 5.74) is -0.0443. The zero-order valence-electron chi connectivity index (χ0n) is 7.68. The Balaban J connectivity index is 3.10. The fourth-order valence-electron chi connectivity index (χ4n) is 0.890. The number of hydrogen-bond acceptors (Lipinski definition) is 3. The maximum absolute atomic E-state index is 13.4. The zero-order valence-corrected chi connectivity index (χ0v) is 9.26. The van der Waals surface area contributed by atoms with Crippen LogP contribution in [0.25, 0.3) is 0 Å². The lowest BCUT2D eigenvalue weighted by molar-refractivity contribution is -0.202. The van der Waals surface area contributed by atoms with E-state index in [0.717, 1.165) is 12.1 Å². The van der Waals surface area contributed by atoms with Gasteiger partial charge in [-0.25, -0.2) is 4.39 Å². The van der Waals surface area contributed by atoms with Crippen LogP contribution in [0.4, 0.5) is 13.2 Å². The average molecular weight is 296 g/mol. The first-order valence-corrected chi connectivity index (χ1v) is 4.76. The van der Waals surface area contributed by atoms with Crippen LogP contribution in [0, 0.1) is 17.1 Å². The first-order chi connectivity index (χ1) is 7.41. The van der Waals surface area contributed by atoms with Gasteiger partial charge in [0.1, 0.15) is 12.7 Å². The van der Waals surface area contributed by atoms with E-state index in [1.54, 1.807) is 6.07 Å². The molecule has 0 radical (unpaired) electrons. The van der Waals surface area contributed by atoms with Gasteiger partial charge in [-0.15, -0.1) is 0 Å². The van der Waals surface area contributed by atoms with Crippen molar-refractivity contribution in [3.05, 3.63) is 28.0 Å². The standard InChI is InChI=1S/C9H5BrF3NO2/c10-7-5(3-14)1-2-6(8(7)11)16-9(12,13)4-15/h1-2,15H,4H2. The fraction of sp³-hybridized carbons (Fsp3) is 0.222. The van der Waals surface area contributed by atoms with Gasteiger partial charge in [-0.2, -0.15) is 14.0 Å². The van der Waals surface area contributed by atoms with Gasteiger partial charge in [-0.3, -0.25) is 0 Å². The van der Waals surface area contributed by atoms with Crippen molar-refractivity contribution in [2.75, 3.05) is 6.61 Å². The van der Waals surface area contributed by atoms with Gasteiger partial charge in [0.25, 0.3) is 0 Å². The highest BCUT2D eigenvalue weighted by Gasteiger charge is 2.32. The Kier molecular flexibility index (Phi) is 3.78. The fourth-order valence-corrected chi connectivity index (χ4v) is 1.31. The number of nitrogens with zero attached hydrogens (tertiary/aromatic N) is 1. The monoisotopic (exact) mass is 295 g/mol. The number of hydrogen-bond donors (Lipinski definition) is 1. The average Bonchev–Trinajstić information content (AvgIpc) is 2.25. The van der Waals surface area contributed by atoms with E-state index in [1.165, 1.54) is 0 Å². The molecule has 0 bridgehead atoms. The summed E-state index contributed by atoms with van der Waals surface area (Å²) < 4.78 is 42.3. The largest absolute Gasteiger partial charge is 0.428 e. The third kappa shape index (κ3) is 2.65. The van der Waals surface area contributed by atoms with Crippen LogP contribution >= 0.6 is 15.9 Å². The van der Waals surface area contributed by atoms with Crippen LogP contribution in [0.3, 0.4) is 0 Å². The second-order valence-electron chi connectivity index (χ2n) is 2.75. The van der Waals surface area contributed by atoms with E-state index in [4.69, 9.17) is 10.4 Å². The minimum absolute atomic E-state index is 0.0443. The topological polar surface area (TPSA) is 53.2 Å². The molecule has 0 unspecified atom stereocenters. The summed E-state index contributed by atoms with van der Waals surface area (Å²) in [4.78, 5) is 0. The summed E-state index contributed by atoms with van der Waals surface area (Å²) in [5, 5.41) is 16.8. The van der Waals surface area contributed by atoms with Crippen LogP contribution in [0.15, 0.2) is 16.6 Å². The number of rotatable bonds is 3. The van der Waals surface area contributed by atoms with Crippen molar-refractivity contribution < 1.29 is 23.0 Å². The van der Waals surface area contributed by atoms with Gasteiger partial charge in [-0.1, -0.05) is 0 Å². The summed E-state index contributed by atoms with van der Waals surface area (Å²) in [6, 6.07) is 3.67. The third-order valence-corrected chi connectivity index (χ3v) is 2.39. The molecular weight excluding hydrogens is 291 g/mol. The van der Waals surface area contributed by atoms with Crippen LogP contribution in [-0.4, -0.2) is 17.8 Å². The lowest BCUT2D eigenvalue weighted by Gasteiger charge is -2.16. The molecule has 1 rings (SSSR count). The molecule has 3 nitrogen and oxygen atoms in total. The lowest BCUT2D eigenvalue weighted by Crippen LogP contribution is -2.29. The minimum Gasteiger partial charge on any atom is -0.428 e. The van der Waals surface area contributed by atoms with Gasteiger partial charge in [0.15, 0.2) is 11.6 Å². The van der Waals surface area contributed by atoms with Crippen molar-refractivity contribution >= 4 is 15.9 Å².